The highest BCUT2D eigenvalue weighted by Gasteiger charge is 2.20. The molecule has 1 unspecified atom stereocenters. The first-order valence-electron chi connectivity index (χ1n) is 5.61. The molecule has 0 aliphatic carbocycles. The third kappa shape index (κ3) is 2.48. The second-order valence-corrected chi connectivity index (χ2v) is 3.84. The van der Waals surface area contributed by atoms with E-state index >= 15 is 0 Å². The van der Waals surface area contributed by atoms with Crippen LogP contribution in [0.5, 0.6) is 0 Å². The molecular weight excluding hydrogens is 206 g/mol. The largest absolute Gasteiger partial charge is 0.394 e. The molecule has 1 aliphatic heterocycles. The Balaban J connectivity index is 2.10. The van der Waals surface area contributed by atoms with Crippen molar-refractivity contribution in [3.8, 4) is 0 Å². The standard InChI is InChI=1S/C11H17N3O2/c1-2-9-5-11(13-8-12-9)14-3-4-16-10(6-14)7-15/h5,8,10,15H,2-4,6-7H2,1H3. The highest BCUT2D eigenvalue weighted by molar-refractivity contribution is 5.39. The molecule has 1 atom stereocenters. The van der Waals surface area contributed by atoms with Crippen molar-refractivity contribution in [1.29, 1.82) is 0 Å². The second kappa shape index (κ2) is 5.23. The Morgan fingerprint density at radius 3 is 3.19 bits per heavy atom. The van der Waals surface area contributed by atoms with Gasteiger partial charge in [-0.05, 0) is 6.42 Å². The van der Waals surface area contributed by atoms with E-state index in [0.29, 0.717) is 13.2 Å². The van der Waals surface area contributed by atoms with Gasteiger partial charge in [0.15, 0.2) is 0 Å². The first-order chi connectivity index (χ1) is 7.83. The van der Waals surface area contributed by atoms with E-state index in [4.69, 9.17) is 9.84 Å². The van der Waals surface area contributed by atoms with Gasteiger partial charge in [0.1, 0.15) is 12.1 Å². The molecule has 1 saturated heterocycles. The molecule has 88 valence electrons. The fraction of sp³-hybridized carbons (Fsp3) is 0.636. The zero-order valence-electron chi connectivity index (χ0n) is 9.46. The maximum absolute atomic E-state index is 9.07. The van der Waals surface area contributed by atoms with Gasteiger partial charge in [0, 0.05) is 24.8 Å². The van der Waals surface area contributed by atoms with Crippen molar-refractivity contribution >= 4 is 5.82 Å². The molecule has 0 saturated carbocycles. The minimum absolute atomic E-state index is 0.0578. The van der Waals surface area contributed by atoms with Crippen LogP contribution >= 0.6 is 0 Å². The number of hydrogen-bond donors (Lipinski definition) is 1. The molecule has 0 bridgehead atoms. The molecule has 2 heterocycles. The molecule has 0 aromatic carbocycles. The number of aryl methyl sites for hydroxylation is 1. The first kappa shape index (κ1) is 11.3. The fourth-order valence-electron chi connectivity index (χ4n) is 1.79. The second-order valence-electron chi connectivity index (χ2n) is 3.84. The third-order valence-corrected chi connectivity index (χ3v) is 2.74. The minimum atomic E-state index is -0.103. The Bertz CT molecular complexity index is 346. The van der Waals surface area contributed by atoms with Gasteiger partial charge in [-0.25, -0.2) is 9.97 Å². The molecule has 5 nitrogen and oxygen atoms in total. The van der Waals surface area contributed by atoms with Crippen LogP contribution in [0.4, 0.5) is 5.82 Å². The van der Waals surface area contributed by atoms with Crippen LogP contribution in [0.25, 0.3) is 0 Å². The lowest BCUT2D eigenvalue weighted by Crippen LogP contribution is -2.44. The van der Waals surface area contributed by atoms with Gasteiger partial charge in [0.2, 0.25) is 0 Å². The highest BCUT2D eigenvalue weighted by Crippen LogP contribution is 2.15. The van der Waals surface area contributed by atoms with E-state index in [-0.39, 0.29) is 12.7 Å². The number of aliphatic hydroxyl groups is 1. The summed E-state index contributed by atoms with van der Waals surface area (Å²) in [7, 11) is 0. The van der Waals surface area contributed by atoms with E-state index in [1.165, 1.54) is 0 Å². The zero-order valence-corrected chi connectivity index (χ0v) is 9.46. The van der Waals surface area contributed by atoms with Gasteiger partial charge >= 0.3 is 0 Å². The summed E-state index contributed by atoms with van der Waals surface area (Å²) in [6.45, 7) is 4.27. The van der Waals surface area contributed by atoms with Gasteiger partial charge in [-0.1, -0.05) is 6.92 Å². The van der Waals surface area contributed by atoms with Crippen LogP contribution in [0, 0.1) is 0 Å². The molecule has 1 fully saturated rings. The van der Waals surface area contributed by atoms with Crippen LogP contribution in [0.2, 0.25) is 0 Å². The number of rotatable bonds is 3. The molecule has 16 heavy (non-hydrogen) atoms. The molecule has 1 aromatic rings. The first-order valence-corrected chi connectivity index (χ1v) is 5.61. The van der Waals surface area contributed by atoms with E-state index in [0.717, 1.165) is 24.5 Å². The average molecular weight is 223 g/mol. The SMILES string of the molecule is CCc1cc(N2CCOC(CO)C2)ncn1. The predicted molar refractivity (Wildman–Crippen MR) is 60.4 cm³/mol. The monoisotopic (exact) mass is 223 g/mol. The Labute approximate surface area is 95.1 Å². The maximum Gasteiger partial charge on any atom is 0.132 e. The van der Waals surface area contributed by atoms with E-state index < -0.39 is 0 Å². The third-order valence-electron chi connectivity index (χ3n) is 2.74. The average Bonchev–Trinajstić information content (AvgIpc) is 2.39. The molecule has 0 spiro atoms. The van der Waals surface area contributed by atoms with Crippen molar-refractivity contribution in [2.24, 2.45) is 0 Å². The van der Waals surface area contributed by atoms with Gasteiger partial charge in [-0.2, -0.15) is 0 Å². The van der Waals surface area contributed by atoms with Gasteiger partial charge < -0.3 is 14.7 Å². The number of hydrogen-bond acceptors (Lipinski definition) is 5. The highest BCUT2D eigenvalue weighted by atomic mass is 16.5. The summed E-state index contributed by atoms with van der Waals surface area (Å²) in [5, 5.41) is 9.07. The topological polar surface area (TPSA) is 58.5 Å². The number of aliphatic hydroxyl groups excluding tert-OH is 1. The summed E-state index contributed by atoms with van der Waals surface area (Å²) in [5.74, 6) is 0.925. The van der Waals surface area contributed by atoms with Gasteiger partial charge in [0.05, 0.1) is 19.3 Å². The van der Waals surface area contributed by atoms with Gasteiger partial charge in [0.25, 0.3) is 0 Å². The minimum Gasteiger partial charge on any atom is -0.394 e. The summed E-state index contributed by atoms with van der Waals surface area (Å²) in [6.07, 6.45) is 2.40. The van der Waals surface area contributed by atoms with Crippen LogP contribution in [-0.4, -0.2) is 47.5 Å². The van der Waals surface area contributed by atoms with Crippen LogP contribution < -0.4 is 4.90 Å². The maximum atomic E-state index is 9.07. The van der Waals surface area contributed by atoms with E-state index in [9.17, 15) is 0 Å². The van der Waals surface area contributed by atoms with Crippen molar-refractivity contribution in [3.63, 3.8) is 0 Å². The summed E-state index contributed by atoms with van der Waals surface area (Å²) in [6, 6.07) is 2.00. The molecule has 1 aliphatic rings. The van der Waals surface area contributed by atoms with Crippen LogP contribution in [0.1, 0.15) is 12.6 Å². The Morgan fingerprint density at radius 1 is 1.56 bits per heavy atom. The quantitative estimate of drug-likeness (QED) is 0.795. The lowest BCUT2D eigenvalue weighted by atomic mass is 10.2. The van der Waals surface area contributed by atoms with Crippen molar-refractivity contribution in [3.05, 3.63) is 18.1 Å². The Morgan fingerprint density at radius 2 is 2.44 bits per heavy atom. The summed E-state index contributed by atoms with van der Waals surface area (Å²) in [4.78, 5) is 10.6. The van der Waals surface area contributed by atoms with Gasteiger partial charge in [-0.15, -0.1) is 0 Å². The molecule has 0 radical (unpaired) electrons. The van der Waals surface area contributed by atoms with Crippen molar-refractivity contribution in [2.75, 3.05) is 31.2 Å². The summed E-state index contributed by atoms with van der Waals surface area (Å²) >= 11 is 0. The molecule has 2 rings (SSSR count). The van der Waals surface area contributed by atoms with Crippen LogP contribution in [-0.2, 0) is 11.2 Å². The predicted octanol–water partition coefficient (Wildman–Crippen LogP) is 0.236. The summed E-state index contributed by atoms with van der Waals surface area (Å²) < 4.78 is 5.40. The molecule has 1 N–H and O–H groups in total. The Hall–Kier alpha value is -1.20. The lowest BCUT2D eigenvalue weighted by Gasteiger charge is -2.32. The van der Waals surface area contributed by atoms with E-state index in [2.05, 4.69) is 21.8 Å². The van der Waals surface area contributed by atoms with E-state index in [1.54, 1.807) is 6.33 Å². The molecular formula is C11H17N3O2. The number of aromatic nitrogens is 2. The molecule has 0 amide bonds. The van der Waals surface area contributed by atoms with Crippen molar-refractivity contribution in [1.82, 2.24) is 9.97 Å². The summed E-state index contributed by atoms with van der Waals surface area (Å²) in [5.41, 5.74) is 1.04. The van der Waals surface area contributed by atoms with Crippen LogP contribution in [0.15, 0.2) is 12.4 Å². The number of ether oxygens (including phenoxy) is 1. The number of anilines is 1. The number of nitrogens with zero attached hydrogens (tertiary/aromatic N) is 3. The van der Waals surface area contributed by atoms with Crippen molar-refractivity contribution in [2.45, 2.75) is 19.4 Å². The Kier molecular flexibility index (Phi) is 3.69. The van der Waals surface area contributed by atoms with Crippen LogP contribution in [0.3, 0.4) is 0 Å². The van der Waals surface area contributed by atoms with Crippen molar-refractivity contribution < 1.29 is 9.84 Å². The fourth-order valence-corrected chi connectivity index (χ4v) is 1.79. The van der Waals surface area contributed by atoms with Gasteiger partial charge in [-0.3, -0.25) is 0 Å². The molecule has 1 aromatic heterocycles. The molecule has 5 heteroatoms. The van der Waals surface area contributed by atoms with E-state index in [1.807, 2.05) is 6.07 Å². The lowest BCUT2D eigenvalue weighted by molar-refractivity contribution is 0.00335. The number of morpholine rings is 1. The zero-order chi connectivity index (χ0) is 11.4. The normalized spacial score (nSPS) is 21.1. The smallest absolute Gasteiger partial charge is 0.132 e.